The van der Waals surface area contributed by atoms with Gasteiger partial charge in [0.15, 0.2) is 5.69 Å². The lowest BCUT2D eigenvalue weighted by atomic mass is 9.89. The van der Waals surface area contributed by atoms with Crippen molar-refractivity contribution in [3.05, 3.63) is 69.9 Å². The predicted molar refractivity (Wildman–Crippen MR) is 128 cm³/mol. The standard InChI is InChI=1S/C24H25ClN6O2/c1-29-10-12-30(13-11-29)16-7-9-20(25)19(14-16)24(33)28-31-22-17-5-3-2-4-15(17)6-8-18(22)21(27-31)23(26)32/h2-5,7,9,14H,6,8,10-13H2,1H3,(H2,26,32)(H,28,33). The molecule has 3 aromatic rings. The van der Waals surface area contributed by atoms with Gasteiger partial charge in [-0.1, -0.05) is 35.9 Å². The van der Waals surface area contributed by atoms with Crippen molar-refractivity contribution in [3.63, 3.8) is 0 Å². The first-order valence-corrected chi connectivity index (χ1v) is 11.3. The summed E-state index contributed by atoms with van der Waals surface area (Å²) in [4.78, 5) is 31.2. The van der Waals surface area contributed by atoms with E-state index in [9.17, 15) is 9.59 Å². The van der Waals surface area contributed by atoms with Crippen molar-refractivity contribution in [1.29, 1.82) is 0 Å². The summed E-state index contributed by atoms with van der Waals surface area (Å²) < 4.78 is 0. The molecule has 1 aliphatic carbocycles. The van der Waals surface area contributed by atoms with Gasteiger partial charge in [-0.05, 0) is 43.7 Å². The van der Waals surface area contributed by atoms with E-state index >= 15 is 0 Å². The van der Waals surface area contributed by atoms with Crippen LogP contribution in [0.2, 0.25) is 5.02 Å². The number of carbonyl (C=O) groups is 2. The number of aryl methyl sites for hydroxylation is 1. The van der Waals surface area contributed by atoms with Gasteiger partial charge in [0.1, 0.15) is 0 Å². The highest BCUT2D eigenvalue weighted by molar-refractivity contribution is 6.34. The molecule has 1 saturated heterocycles. The Balaban J connectivity index is 1.49. The summed E-state index contributed by atoms with van der Waals surface area (Å²) in [7, 11) is 2.10. The molecule has 2 heterocycles. The molecule has 0 spiro atoms. The summed E-state index contributed by atoms with van der Waals surface area (Å²) in [5, 5.41) is 4.71. The van der Waals surface area contributed by atoms with Gasteiger partial charge >= 0.3 is 0 Å². The molecule has 170 valence electrons. The third-order valence-corrected chi connectivity index (χ3v) is 6.73. The second-order valence-electron chi connectivity index (χ2n) is 8.50. The van der Waals surface area contributed by atoms with Crippen LogP contribution >= 0.6 is 11.6 Å². The average Bonchev–Trinajstić information content (AvgIpc) is 3.19. The largest absolute Gasteiger partial charge is 0.369 e. The second-order valence-corrected chi connectivity index (χ2v) is 8.91. The summed E-state index contributed by atoms with van der Waals surface area (Å²) in [5.74, 6) is -1.02. The van der Waals surface area contributed by atoms with Crippen LogP contribution in [-0.4, -0.2) is 59.8 Å². The maximum Gasteiger partial charge on any atom is 0.272 e. The third kappa shape index (κ3) is 3.96. The molecule has 9 heteroatoms. The molecule has 0 radical (unpaired) electrons. The van der Waals surface area contributed by atoms with Crippen molar-refractivity contribution in [3.8, 4) is 11.3 Å². The molecule has 33 heavy (non-hydrogen) atoms. The van der Waals surface area contributed by atoms with Gasteiger partial charge < -0.3 is 15.5 Å². The minimum Gasteiger partial charge on any atom is -0.369 e. The Bertz CT molecular complexity index is 1250. The molecule has 1 aromatic heterocycles. The number of fused-ring (bicyclic) bond motifs is 3. The Morgan fingerprint density at radius 1 is 1.06 bits per heavy atom. The van der Waals surface area contributed by atoms with Crippen LogP contribution in [0.1, 0.15) is 32.0 Å². The number of anilines is 1. The highest BCUT2D eigenvalue weighted by atomic mass is 35.5. The molecule has 2 amide bonds. The van der Waals surface area contributed by atoms with Gasteiger partial charge in [0.25, 0.3) is 11.8 Å². The maximum atomic E-state index is 13.3. The number of nitrogens with one attached hydrogen (secondary N) is 1. The zero-order valence-corrected chi connectivity index (χ0v) is 19.1. The number of nitrogens with two attached hydrogens (primary N) is 1. The van der Waals surface area contributed by atoms with E-state index in [1.54, 1.807) is 6.07 Å². The number of amides is 2. The summed E-state index contributed by atoms with van der Waals surface area (Å²) >= 11 is 6.41. The van der Waals surface area contributed by atoms with Crippen molar-refractivity contribution < 1.29 is 9.59 Å². The van der Waals surface area contributed by atoms with E-state index in [4.69, 9.17) is 17.3 Å². The fraction of sp³-hybridized carbons (Fsp3) is 0.292. The SMILES string of the molecule is CN1CCN(c2ccc(Cl)c(C(=O)Nn3nc(C(N)=O)c4c3-c3ccccc3CC4)c2)CC1. The lowest BCUT2D eigenvalue weighted by Crippen LogP contribution is -2.44. The van der Waals surface area contributed by atoms with Crippen molar-refractivity contribution >= 4 is 29.1 Å². The smallest absolute Gasteiger partial charge is 0.272 e. The molecule has 1 aliphatic heterocycles. The lowest BCUT2D eigenvalue weighted by molar-refractivity contribution is 0.0983. The highest BCUT2D eigenvalue weighted by Crippen LogP contribution is 2.35. The first kappa shape index (κ1) is 21.5. The molecule has 0 bridgehead atoms. The molecule has 0 unspecified atom stereocenters. The van der Waals surface area contributed by atoms with Crippen LogP contribution in [0.5, 0.6) is 0 Å². The number of nitrogens with zero attached hydrogens (tertiary/aromatic N) is 4. The number of piperazine rings is 1. The summed E-state index contributed by atoms with van der Waals surface area (Å²) in [5.41, 5.74) is 13.4. The number of hydrogen-bond donors (Lipinski definition) is 2. The van der Waals surface area contributed by atoms with E-state index in [2.05, 4.69) is 27.4 Å². The number of aromatic nitrogens is 2. The van der Waals surface area contributed by atoms with E-state index in [1.807, 2.05) is 36.4 Å². The predicted octanol–water partition coefficient (Wildman–Crippen LogP) is 2.54. The van der Waals surface area contributed by atoms with Crippen molar-refractivity contribution in [2.75, 3.05) is 43.6 Å². The molecule has 0 atom stereocenters. The average molecular weight is 465 g/mol. The van der Waals surface area contributed by atoms with Crippen LogP contribution in [0.4, 0.5) is 5.69 Å². The minimum absolute atomic E-state index is 0.178. The van der Waals surface area contributed by atoms with Gasteiger partial charge in [-0.15, -0.1) is 5.10 Å². The monoisotopic (exact) mass is 464 g/mol. The van der Waals surface area contributed by atoms with Gasteiger partial charge in [0.2, 0.25) is 0 Å². The van der Waals surface area contributed by atoms with Crippen LogP contribution in [0.25, 0.3) is 11.3 Å². The number of benzene rings is 2. The number of likely N-dealkylation sites (N-methyl/N-ethyl adjacent to an activating group) is 1. The number of carbonyl (C=O) groups excluding carboxylic acids is 2. The molecule has 0 saturated carbocycles. The zero-order chi connectivity index (χ0) is 23.1. The molecular formula is C24H25ClN6O2. The Morgan fingerprint density at radius 2 is 1.82 bits per heavy atom. The van der Waals surface area contributed by atoms with Crippen molar-refractivity contribution in [2.24, 2.45) is 5.73 Å². The fourth-order valence-electron chi connectivity index (χ4n) is 4.58. The number of primary amides is 1. The first-order valence-electron chi connectivity index (χ1n) is 11.0. The van der Waals surface area contributed by atoms with Crippen molar-refractivity contribution in [2.45, 2.75) is 12.8 Å². The van der Waals surface area contributed by atoms with E-state index in [0.29, 0.717) is 22.7 Å². The fourth-order valence-corrected chi connectivity index (χ4v) is 4.78. The topological polar surface area (TPSA) is 96.5 Å². The molecular weight excluding hydrogens is 440 g/mol. The second kappa shape index (κ2) is 8.53. The van der Waals surface area contributed by atoms with E-state index < -0.39 is 11.8 Å². The first-order chi connectivity index (χ1) is 15.9. The maximum absolute atomic E-state index is 13.3. The molecule has 1 fully saturated rings. The van der Waals surface area contributed by atoms with Crippen LogP contribution in [0, 0.1) is 0 Å². The zero-order valence-electron chi connectivity index (χ0n) is 18.3. The third-order valence-electron chi connectivity index (χ3n) is 6.40. The van der Waals surface area contributed by atoms with Crippen LogP contribution < -0.4 is 16.1 Å². The summed E-state index contributed by atoms with van der Waals surface area (Å²) in [6, 6.07) is 13.4. The minimum atomic E-state index is -0.617. The Labute approximate surface area is 196 Å². The Hall–Kier alpha value is -3.36. The van der Waals surface area contributed by atoms with Gasteiger partial charge in [-0.2, -0.15) is 4.79 Å². The molecule has 8 nitrogen and oxygen atoms in total. The van der Waals surface area contributed by atoms with Crippen LogP contribution in [0.3, 0.4) is 0 Å². The Kier molecular flexibility index (Phi) is 5.55. The number of hydrogen-bond acceptors (Lipinski definition) is 5. The molecule has 5 rings (SSSR count). The Morgan fingerprint density at radius 3 is 2.58 bits per heavy atom. The van der Waals surface area contributed by atoms with E-state index in [1.165, 1.54) is 4.79 Å². The highest BCUT2D eigenvalue weighted by Gasteiger charge is 2.28. The number of rotatable bonds is 4. The van der Waals surface area contributed by atoms with E-state index in [-0.39, 0.29) is 5.69 Å². The van der Waals surface area contributed by atoms with Crippen LogP contribution in [0.15, 0.2) is 42.5 Å². The lowest BCUT2D eigenvalue weighted by Gasteiger charge is -2.34. The summed E-state index contributed by atoms with van der Waals surface area (Å²) in [6.07, 6.45) is 1.40. The van der Waals surface area contributed by atoms with Gasteiger partial charge in [0, 0.05) is 43.0 Å². The summed E-state index contributed by atoms with van der Waals surface area (Å²) in [6.45, 7) is 3.67. The van der Waals surface area contributed by atoms with E-state index in [0.717, 1.165) is 55.0 Å². The van der Waals surface area contributed by atoms with Gasteiger partial charge in [-0.3, -0.25) is 9.59 Å². The van der Waals surface area contributed by atoms with Gasteiger partial charge in [-0.25, -0.2) is 5.43 Å². The molecule has 2 aromatic carbocycles. The van der Waals surface area contributed by atoms with Gasteiger partial charge in [0.05, 0.1) is 16.3 Å². The molecule has 2 aliphatic rings. The number of halogens is 1. The quantitative estimate of drug-likeness (QED) is 0.618. The molecule has 3 N–H and O–H groups in total. The van der Waals surface area contributed by atoms with Crippen molar-refractivity contribution in [1.82, 2.24) is 14.8 Å². The van der Waals surface area contributed by atoms with Crippen LogP contribution in [-0.2, 0) is 12.8 Å². The normalized spacial score (nSPS) is 15.6.